The number of pyridine rings is 1. The lowest BCUT2D eigenvalue weighted by Gasteiger charge is -2.14. The van der Waals surface area contributed by atoms with Gasteiger partial charge in [-0.1, -0.05) is 11.8 Å². The Morgan fingerprint density at radius 1 is 1.27 bits per heavy atom. The second-order valence-electron chi connectivity index (χ2n) is 5.33. The van der Waals surface area contributed by atoms with Crippen molar-refractivity contribution in [2.45, 2.75) is 37.9 Å². The zero-order valence-electron chi connectivity index (χ0n) is 14.3. The van der Waals surface area contributed by atoms with Crippen molar-refractivity contribution in [2.24, 2.45) is 0 Å². The summed E-state index contributed by atoms with van der Waals surface area (Å²) in [5, 5.41) is -0.376. The maximum Gasteiger partial charge on any atom is 0.433 e. The molecule has 0 amide bonds. The lowest BCUT2D eigenvalue weighted by atomic mass is 10.1. The molecule has 0 bridgehead atoms. The third-order valence-electron chi connectivity index (χ3n) is 3.46. The Labute approximate surface area is 151 Å². The van der Waals surface area contributed by atoms with Gasteiger partial charge in [0.15, 0.2) is 10.9 Å². The van der Waals surface area contributed by atoms with Crippen molar-refractivity contribution in [2.75, 3.05) is 6.61 Å². The molecule has 0 N–H and O–H groups in total. The number of hydrogen-bond acceptors (Lipinski definition) is 6. The molecule has 0 atom stereocenters. The number of nitrogens with zero attached hydrogens (tertiary/aromatic N) is 3. The summed E-state index contributed by atoms with van der Waals surface area (Å²) >= 11 is 0.850. The van der Waals surface area contributed by atoms with Gasteiger partial charge in [-0.05, 0) is 37.5 Å². The topological polar surface area (TPSA) is 74.1 Å². The molecular weight excluding hydrogens is 371 g/mol. The highest BCUT2D eigenvalue weighted by atomic mass is 32.2. The van der Waals surface area contributed by atoms with Gasteiger partial charge in [-0.15, -0.1) is 0 Å². The number of halogens is 3. The molecule has 0 saturated carbocycles. The van der Waals surface area contributed by atoms with Crippen LogP contribution in [0, 0.1) is 13.8 Å². The molecule has 26 heavy (non-hydrogen) atoms. The first-order valence-electron chi connectivity index (χ1n) is 7.56. The summed E-state index contributed by atoms with van der Waals surface area (Å²) < 4.78 is 44.2. The van der Waals surface area contributed by atoms with Gasteiger partial charge >= 0.3 is 12.3 Å². The van der Waals surface area contributed by atoms with Gasteiger partial charge in [-0.2, -0.15) is 17.7 Å². The van der Waals surface area contributed by atoms with Gasteiger partial charge < -0.3 is 4.74 Å². The van der Waals surface area contributed by atoms with Crippen LogP contribution in [0.1, 0.15) is 29.3 Å². The summed E-state index contributed by atoms with van der Waals surface area (Å²) in [4.78, 5) is 31.6. The van der Waals surface area contributed by atoms with Crippen molar-refractivity contribution in [3.05, 3.63) is 51.2 Å². The highest BCUT2D eigenvalue weighted by molar-refractivity contribution is 7.98. The zero-order valence-corrected chi connectivity index (χ0v) is 15.1. The van der Waals surface area contributed by atoms with Crippen LogP contribution in [0.25, 0.3) is 0 Å². The maximum absolute atomic E-state index is 13.0. The number of thioether (sulfide) groups is 1. The first-order valence-corrected chi connectivity index (χ1v) is 8.55. The standard InChI is InChI=1S/C16H16F3N3O3S/c1-4-25-15(24)22-13(23)5-12(16(17,18)19)21-14(22)26-8-11-9(2)6-20-7-10(11)3/h5-7H,4,8H2,1-3H3. The van der Waals surface area contributed by atoms with E-state index in [2.05, 4.69) is 9.97 Å². The smallest absolute Gasteiger partial charge is 0.433 e. The largest absolute Gasteiger partial charge is 0.449 e. The van der Waals surface area contributed by atoms with Crippen LogP contribution in [-0.4, -0.2) is 27.2 Å². The highest BCUT2D eigenvalue weighted by Gasteiger charge is 2.35. The number of hydrogen-bond donors (Lipinski definition) is 0. The molecule has 0 saturated heterocycles. The molecule has 10 heteroatoms. The predicted molar refractivity (Wildman–Crippen MR) is 89.2 cm³/mol. The molecule has 2 rings (SSSR count). The lowest BCUT2D eigenvalue weighted by molar-refractivity contribution is -0.141. The molecule has 2 aromatic rings. The molecule has 2 aromatic heterocycles. The van der Waals surface area contributed by atoms with Crippen LogP contribution >= 0.6 is 11.8 Å². The molecule has 0 aliphatic heterocycles. The number of alkyl halides is 3. The minimum atomic E-state index is -4.80. The molecule has 6 nitrogen and oxygen atoms in total. The Morgan fingerprint density at radius 2 is 1.88 bits per heavy atom. The summed E-state index contributed by atoms with van der Waals surface area (Å²) in [6.45, 7) is 5.12. The van der Waals surface area contributed by atoms with Crippen LogP contribution < -0.4 is 5.56 Å². The fourth-order valence-corrected chi connectivity index (χ4v) is 3.34. The number of aromatic nitrogens is 3. The third-order valence-corrected chi connectivity index (χ3v) is 4.43. The van der Waals surface area contributed by atoms with Crippen LogP contribution in [-0.2, 0) is 16.7 Å². The molecular formula is C16H16F3N3O3S. The Morgan fingerprint density at radius 3 is 2.42 bits per heavy atom. The number of ether oxygens (including phenoxy) is 1. The summed E-state index contributed by atoms with van der Waals surface area (Å²) in [6, 6.07) is 0.282. The first-order chi connectivity index (χ1) is 12.1. The highest BCUT2D eigenvalue weighted by Crippen LogP contribution is 2.30. The quantitative estimate of drug-likeness (QED) is 0.590. The van der Waals surface area contributed by atoms with Crippen LogP contribution in [0.4, 0.5) is 18.0 Å². The second-order valence-corrected chi connectivity index (χ2v) is 6.28. The van der Waals surface area contributed by atoms with Crippen molar-refractivity contribution in [3.8, 4) is 0 Å². The molecule has 0 aliphatic carbocycles. The van der Waals surface area contributed by atoms with Crippen LogP contribution in [0.15, 0.2) is 28.4 Å². The van der Waals surface area contributed by atoms with E-state index >= 15 is 0 Å². The van der Waals surface area contributed by atoms with Crippen LogP contribution in [0.2, 0.25) is 0 Å². The third kappa shape index (κ3) is 4.43. The van der Waals surface area contributed by atoms with Crippen LogP contribution in [0.5, 0.6) is 0 Å². The van der Waals surface area contributed by atoms with E-state index in [9.17, 15) is 22.8 Å². The number of carbonyl (C=O) groups is 1. The molecule has 0 aliphatic rings. The van der Waals surface area contributed by atoms with E-state index in [1.165, 1.54) is 6.92 Å². The van der Waals surface area contributed by atoms with E-state index in [4.69, 9.17) is 4.74 Å². The molecule has 0 spiro atoms. The molecule has 0 aromatic carbocycles. The van der Waals surface area contributed by atoms with Gasteiger partial charge in [0.2, 0.25) is 0 Å². The summed E-state index contributed by atoms with van der Waals surface area (Å²) in [5.74, 6) is 0.216. The second kappa shape index (κ2) is 7.90. The van der Waals surface area contributed by atoms with Crippen molar-refractivity contribution in [1.82, 2.24) is 14.5 Å². The van der Waals surface area contributed by atoms with Gasteiger partial charge in [-0.25, -0.2) is 9.78 Å². The van der Waals surface area contributed by atoms with Gasteiger partial charge in [0.25, 0.3) is 5.56 Å². The molecule has 0 fully saturated rings. The number of rotatable bonds is 4. The van der Waals surface area contributed by atoms with E-state index in [0.717, 1.165) is 28.5 Å². The summed E-state index contributed by atoms with van der Waals surface area (Å²) in [5.41, 5.74) is 0.0289. The Bertz CT molecular complexity index is 861. The average Bonchev–Trinajstić information content (AvgIpc) is 2.53. The molecule has 0 unspecified atom stereocenters. The van der Waals surface area contributed by atoms with Crippen LogP contribution in [0.3, 0.4) is 0 Å². The minimum absolute atomic E-state index is 0.0288. The fourth-order valence-electron chi connectivity index (χ4n) is 2.15. The lowest BCUT2D eigenvalue weighted by Crippen LogP contribution is -2.31. The molecule has 140 valence electrons. The van der Waals surface area contributed by atoms with Crippen molar-refractivity contribution in [1.29, 1.82) is 0 Å². The average molecular weight is 387 g/mol. The number of carbonyl (C=O) groups excluding carboxylic acids is 1. The number of aryl methyl sites for hydroxylation is 2. The molecule has 0 radical (unpaired) electrons. The van der Waals surface area contributed by atoms with Crippen molar-refractivity contribution >= 4 is 17.9 Å². The Kier molecular flexibility index (Phi) is 6.06. The van der Waals surface area contributed by atoms with Crippen molar-refractivity contribution < 1.29 is 22.7 Å². The zero-order chi connectivity index (χ0) is 19.5. The van der Waals surface area contributed by atoms with Gasteiger partial charge in [0.05, 0.1) is 6.61 Å². The Hall–Kier alpha value is -2.36. The van der Waals surface area contributed by atoms with E-state index in [1.807, 2.05) is 13.8 Å². The fraction of sp³-hybridized carbons (Fsp3) is 0.375. The summed E-state index contributed by atoms with van der Waals surface area (Å²) in [7, 11) is 0. The van der Waals surface area contributed by atoms with Crippen molar-refractivity contribution in [3.63, 3.8) is 0 Å². The first kappa shape index (κ1) is 20.0. The van der Waals surface area contributed by atoms with E-state index in [1.54, 1.807) is 12.4 Å². The predicted octanol–water partition coefficient (Wildman–Crippen LogP) is 3.57. The minimum Gasteiger partial charge on any atom is -0.449 e. The summed E-state index contributed by atoms with van der Waals surface area (Å²) in [6.07, 6.45) is -2.61. The van der Waals surface area contributed by atoms with Gasteiger partial charge in [0.1, 0.15) is 0 Å². The maximum atomic E-state index is 13.0. The van der Waals surface area contributed by atoms with E-state index in [0.29, 0.717) is 4.57 Å². The monoisotopic (exact) mass is 387 g/mol. The normalized spacial score (nSPS) is 11.5. The van der Waals surface area contributed by atoms with E-state index in [-0.39, 0.29) is 23.6 Å². The molecule has 2 heterocycles. The van der Waals surface area contributed by atoms with Gasteiger partial charge in [0, 0.05) is 24.2 Å². The van der Waals surface area contributed by atoms with E-state index < -0.39 is 23.5 Å². The van der Waals surface area contributed by atoms with Gasteiger partial charge in [-0.3, -0.25) is 9.78 Å². The Balaban J connectivity index is 2.48. The SMILES string of the molecule is CCOC(=O)n1c(SCc2c(C)cncc2C)nc(C(F)(F)F)cc1=O.